The van der Waals surface area contributed by atoms with Crippen molar-refractivity contribution in [1.82, 2.24) is 13.9 Å². The fourth-order valence-corrected chi connectivity index (χ4v) is 5.93. The molecule has 0 radical (unpaired) electrons. The normalized spacial score (nSPS) is 11.6. The van der Waals surface area contributed by atoms with Gasteiger partial charge in [-0.3, -0.25) is 15.4 Å². The number of aromatic nitrogens is 3. The van der Waals surface area contributed by atoms with Gasteiger partial charge in [0.05, 0.1) is 4.90 Å². The van der Waals surface area contributed by atoms with Crippen molar-refractivity contribution in [1.29, 1.82) is 10.7 Å². The van der Waals surface area contributed by atoms with E-state index in [0.717, 1.165) is 3.97 Å². The Kier molecular flexibility index (Phi) is 5.02. The van der Waals surface area contributed by atoms with Gasteiger partial charge in [0.1, 0.15) is 28.4 Å². The fourth-order valence-electron chi connectivity index (χ4n) is 3.76. The van der Waals surface area contributed by atoms with Crippen LogP contribution in [0.1, 0.15) is 5.56 Å². The third-order valence-corrected chi connectivity index (χ3v) is 7.62. The van der Waals surface area contributed by atoms with E-state index in [2.05, 4.69) is 9.97 Å². The van der Waals surface area contributed by atoms with Gasteiger partial charge < -0.3 is 9.52 Å². The summed E-state index contributed by atoms with van der Waals surface area (Å²) in [5.41, 5.74) is -0.0876. The number of nitrogens with zero attached hydrogens (tertiary/aromatic N) is 3. The summed E-state index contributed by atoms with van der Waals surface area (Å²) in [6.45, 7) is 0. The first-order valence-electron chi connectivity index (χ1n) is 9.59. The van der Waals surface area contributed by atoms with Crippen LogP contribution in [0.15, 0.2) is 64.0 Å². The van der Waals surface area contributed by atoms with Crippen LogP contribution in [0.4, 0.5) is 0 Å². The first kappa shape index (κ1) is 21.8. The molecule has 5 rings (SSSR count). The van der Waals surface area contributed by atoms with Gasteiger partial charge in [0.15, 0.2) is 4.77 Å². The van der Waals surface area contributed by atoms with Crippen LogP contribution in [0, 0.1) is 21.5 Å². The number of nitrogens with one attached hydrogen (secondary N) is 2. The van der Waals surface area contributed by atoms with Crippen molar-refractivity contribution in [3.63, 3.8) is 0 Å². The number of aromatic amines is 1. The van der Waals surface area contributed by atoms with Gasteiger partial charge >= 0.3 is 0 Å². The summed E-state index contributed by atoms with van der Waals surface area (Å²) >= 11 is 11.3. The molecule has 0 saturated carbocycles. The van der Waals surface area contributed by atoms with Gasteiger partial charge in [-0.05, 0) is 54.2 Å². The maximum absolute atomic E-state index is 14.0. The average Bonchev–Trinajstić information content (AvgIpc) is 3.15. The number of rotatable bonds is 3. The van der Waals surface area contributed by atoms with Gasteiger partial charge in [-0.1, -0.05) is 23.7 Å². The second-order valence-electron chi connectivity index (χ2n) is 7.16. The summed E-state index contributed by atoms with van der Waals surface area (Å²) in [6.07, 6.45) is 1.43. The maximum Gasteiger partial charge on any atom is 0.271 e. The number of phenols is 1. The highest BCUT2D eigenvalue weighted by Gasteiger charge is 2.29. The largest absolute Gasteiger partial charge is 0.506 e. The molecule has 12 heteroatoms. The van der Waals surface area contributed by atoms with Gasteiger partial charge in [-0.2, -0.15) is 5.26 Å². The molecule has 0 atom stereocenters. The molecule has 5 aromatic rings. The maximum atomic E-state index is 14.0. The minimum atomic E-state index is -4.40. The molecule has 34 heavy (non-hydrogen) atoms. The topological polar surface area (TPSA) is 149 Å². The van der Waals surface area contributed by atoms with E-state index in [1.165, 1.54) is 24.4 Å². The molecule has 0 amide bonds. The van der Waals surface area contributed by atoms with E-state index in [1.54, 1.807) is 30.3 Å². The van der Waals surface area contributed by atoms with E-state index in [-0.39, 0.29) is 48.7 Å². The Bertz CT molecular complexity index is 1900. The van der Waals surface area contributed by atoms with Crippen LogP contribution in [0.25, 0.3) is 33.3 Å². The quantitative estimate of drug-likeness (QED) is 0.304. The number of phenolic OH excluding ortho intramolecular Hbond substituents is 1. The summed E-state index contributed by atoms with van der Waals surface area (Å²) in [6, 6.07) is 13.8. The highest BCUT2D eigenvalue weighted by Crippen LogP contribution is 2.35. The van der Waals surface area contributed by atoms with Gasteiger partial charge in [0, 0.05) is 22.2 Å². The van der Waals surface area contributed by atoms with Gasteiger partial charge in [-0.25, -0.2) is 12.4 Å². The van der Waals surface area contributed by atoms with Crippen molar-refractivity contribution >= 4 is 56.0 Å². The molecule has 0 aliphatic carbocycles. The van der Waals surface area contributed by atoms with Crippen molar-refractivity contribution < 1.29 is 17.9 Å². The smallest absolute Gasteiger partial charge is 0.271 e. The van der Waals surface area contributed by atoms with E-state index in [0.29, 0.717) is 10.6 Å². The predicted octanol–water partition coefficient (Wildman–Crippen LogP) is 4.45. The van der Waals surface area contributed by atoms with Crippen LogP contribution in [0.5, 0.6) is 5.75 Å². The molecule has 0 bridgehead atoms. The number of nitriles is 1. The lowest BCUT2D eigenvalue weighted by molar-refractivity contribution is 0.480. The molecule has 0 aliphatic heterocycles. The Hall–Kier alpha value is -3.98. The molecule has 168 valence electrons. The Morgan fingerprint density at radius 2 is 1.94 bits per heavy atom. The van der Waals surface area contributed by atoms with Crippen LogP contribution in [-0.4, -0.2) is 27.5 Å². The molecule has 0 unspecified atom stereocenters. The number of fused-ring (bicyclic) bond motifs is 2. The second kappa shape index (κ2) is 7.81. The summed E-state index contributed by atoms with van der Waals surface area (Å²) in [7, 11) is -4.40. The number of benzene rings is 2. The summed E-state index contributed by atoms with van der Waals surface area (Å²) < 4.78 is 34.0. The van der Waals surface area contributed by atoms with E-state index < -0.39 is 15.6 Å². The van der Waals surface area contributed by atoms with E-state index >= 15 is 0 Å². The molecule has 0 fully saturated rings. The number of aromatic hydroxyl groups is 1. The third kappa shape index (κ3) is 3.19. The summed E-state index contributed by atoms with van der Waals surface area (Å²) in [5, 5.41) is 28.7. The van der Waals surface area contributed by atoms with Crippen molar-refractivity contribution in [3.05, 3.63) is 75.6 Å². The lowest BCUT2D eigenvalue weighted by atomic mass is 10.0. The standard InChI is InChI=1S/C22H12ClN5O4S2/c23-12-5-3-11(4-6-12)17-14(10-24)20(25)32-21-19(17)28(22(33)27-21)34(30,31)16-8-7-15(29)18-13(16)2-1-9-26-18/h1-9,25,29H,(H,27,33). The molecule has 0 aliphatic rings. The van der Waals surface area contributed by atoms with Crippen LogP contribution in [0.3, 0.4) is 0 Å². The lowest BCUT2D eigenvalue weighted by Crippen LogP contribution is -2.16. The lowest BCUT2D eigenvalue weighted by Gasteiger charge is -2.13. The van der Waals surface area contributed by atoms with Crippen molar-refractivity contribution in [2.24, 2.45) is 0 Å². The van der Waals surface area contributed by atoms with Gasteiger partial charge in [-0.15, -0.1) is 0 Å². The van der Waals surface area contributed by atoms with Crippen LogP contribution >= 0.6 is 23.8 Å². The third-order valence-electron chi connectivity index (χ3n) is 5.21. The SMILES string of the molecule is N#Cc1c(-c2ccc(Cl)cc2)c2c([nH]c(=S)n2S(=O)(=O)c2ccc(O)c3ncccc23)oc1=N. The first-order chi connectivity index (χ1) is 16.2. The van der Waals surface area contributed by atoms with E-state index in [1.807, 2.05) is 6.07 Å². The molecule has 3 heterocycles. The zero-order chi connectivity index (χ0) is 24.2. The number of H-pyrrole nitrogens is 1. The molecule has 3 aromatic heterocycles. The second-order valence-corrected chi connectivity index (χ2v) is 9.74. The molecular weight excluding hydrogens is 498 g/mol. The highest BCUT2D eigenvalue weighted by atomic mass is 35.5. The minimum Gasteiger partial charge on any atom is -0.506 e. The Morgan fingerprint density at radius 1 is 1.21 bits per heavy atom. The zero-order valence-corrected chi connectivity index (χ0v) is 19.3. The molecular formula is C22H12ClN5O4S2. The number of halogens is 1. The molecule has 0 spiro atoms. The van der Waals surface area contributed by atoms with Crippen molar-refractivity contribution in [2.75, 3.05) is 0 Å². The number of hydrogen-bond donors (Lipinski definition) is 3. The van der Waals surface area contributed by atoms with E-state index in [9.17, 15) is 18.8 Å². The number of hydrogen-bond acceptors (Lipinski definition) is 8. The summed E-state index contributed by atoms with van der Waals surface area (Å²) in [4.78, 5) is 6.60. The van der Waals surface area contributed by atoms with Crippen LogP contribution in [0.2, 0.25) is 5.02 Å². The Morgan fingerprint density at radius 3 is 2.65 bits per heavy atom. The zero-order valence-electron chi connectivity index (χ0n) is 16.9. The van der Waals surface area contributed by atoms with Gasteiger partial charge in [0.2, 0.25) is 11.3 Å². The number of imidazole rings is 1. The average molecular weight is 510 g/mol. The Labute approximate surface area is 201 Å². The Balaban J connectivity index is 1.95. The van der Waals surface area contributed by atoms with Crippen molar-refractivity contribution in [2.45, 2.75) is 4.90 Å². The molecule has 2 aromatic carbocycles. The van der Waals surface area contributed by atoms with E-state index in [4.69, 9.17) is 33.6 Å². The molecule has 0 saturated heterocycles. The fraction of sp³-hybridized carbons (Fsp3) is 0. The van der Waals surface area contributed by atoms with Crippen LogP contribution < -0.4 is 5.55 Å². The first-order valence-corrected chi connectivity index (χ1v) is 11.8. The highest BCUT2D eigenvalue weighted by molar-refractivity contribution is 7.90. The molecule has 9 nitrogen and oxygen atoms in total. The van der Waals surface area contributed by atoms with Crippen molar-refractivity contribution in [3.8, 4) is 22.9 Å². The monoisotopic (exact) mass is 509 g/mol. The van der Waals surface area contributed by atoms with Crippen LogP contribution in [-0.2, 0) is 10.0 Å². The minimum absolute atomic E-state index is 0.0370. The predicted molar refractivity (Wildman–Crippen MR) is 126 cm³/mol. The number of pyridine rings is 1. The van der Waals surface area contributed by atoms with Gasteiger partial charge in [0.25, 0.3) is 10.0 Å². The molecule has 3 N–H and O–H groups in total. The summed E-state index contributed by atoms with van der Waals surface area (Å²) in [5.74, 6) is -0.181.